The molecule has 0 aliphatic carbocycles. The highest BCUT2D eigenvalue weighted by molar-refractivity contribution is 4.78. The minimum atomic E-state index is 0.281. The Bertz CT molecular complexity index is 71.3. The number of aliphatic hydroxyl groups excluding tert-OH is 1. The summed E-state index contributed by atoms with van der Waals surface area (Å²) in [5.41, 5.74) is 0. The lowest BCUT2D eigenvalue weighted by atomic mass is 10.4. The van der Waals surface area contributed by atoms with Crippen LogP contribution in [0.25, 0.3) is 0 Å². The molecule has 0 unspecified atom stereocenters. The number of nitrogens with one attached hydrogen (secondary N) is 1. The second-order valence-electron chi connectivity index (χ2n) is 1.85. The molecule has 0 radical (unpaired) electrons. The van der Waals surface area contributed by atoms with E-state index in [1.54, 1.807) is 0 Å². The van der Waals surface area contributed by atoms with Crippen LogP contribution in [0.2, 0.25) is 0 Å². The molecule has 2 N–H and O–H groups in total. The van der Waals surface area contributed by atoms with Gasteiger partial charge in [-0.1, -0.05) is 12.2 Å². The molecule has 0 amide bonds. The van der Waals surface area contributed by atoms with Crippen molar-refractivity contribution in [3.63, 3.8) is 0 Å². The third-order valence-corrected chi connectivity index (χ3v) is 1.01. The van der Waals surface area contributed by atoms with Gasteiger partial charge in [0.1, 0.15) is 0 Å². The first-order valence-electron chi connectivity index (χ1n) is 3.34. The zero-order valence-electron chi connectivity index (χ0n) is 5.93. The SMILES string of the molecule is C/C=C/CNCCCO. The third kappa shape index (κ3) is 7.66. The summed E-state index contributed by atoms with van der Waals surface area (Å²) in [7, 11) is 0. The Hall–Kier alpha value is -0.340. The van der Waals surface area contributed by atoms with Crippen LogP contribution in [0.5, 0.6) is 0 Å². The van der Waals surface area contributed by atoms with Crippen LogP contribution in [0.15, 0.2) is 12.2 Å². The standard InChI is InChI=1S/C7H15NO/c1-2-3-5-8-6-4-7-9/h2-3,8-9H,4-7H2,1H3/b3-2+. The predicted octanol–water partition coefficient (Wildman–Crippen LogP) is 0.534. The summed E-state index contributed by atoms with van der Waals surface area (Å²) in [6, 6.07) is 0. The first-order chi connectivity index (χ1) is 4.41. The molecule has 0 aromatic carbocycles. The summed E-state index contributed by atoms with van der Waals surface area (Å²) in [6.07, 6.45) is 4.90. The molecule has 0 aliphatic rings. The highest BCUT2D eigenvalue weighted by Crippen LogP contribution is 1.72. The van der Waals surface area contributed by atoms with Gasteiger partial charge in [-0.15, -0.1) is 0 Å². The van der Waals surface area contributed by atoms with Crippen LogP contribution in [-0.4, -0.2) is 24.8 Å². The minimum Gasteiger partial charge on any atom is -0.396 e. The van der Waals surface area contributed by atoms with Crippen LogP contribution in [0.4, 0.5) is 0 Å². The second-order valence-corrected chi connectivity index (χ2v) is 1.85. The number of aliphatic hydroxyl groups is 1. The molecule has 2 nitrogen and oxygen atoms in total. The van der Waals surface area contributed by atoms with Crippen molar-refractivity contribution in [2.45, 2.75) is 13.3 Å². The molecule has 0 aliphatic heterocycles. The van der Waals surface area contributed by atoms with Gasteiger partial charge in [0, 0.05) is 13.2 Å². The Labute approximate surface area is 56.6 Å². The molecule has 0 bridgehead atoms. The molecule has 0 spiro atoms. The number of hydrogen-bond acceptors (Lipinski definition) is 2. The summed E-state index contributed by atoms with van der Waals surface area (Å²) in [6.45, 7) is 4.09. The Morgan fingerprint density at radius 2 is 2.33 bits per heavy atom. The van der Waals surface area contributed by atoms with Crippen LogP contribution in [0.3, 0.4) is 0 Å². The predicted molar refractivity (Wildman–Crippen MR) is 39.4 cm³/mol. The van der Waals surface area contributed by atoms with Gasteiger partial charge in [0.25, 0.3) is 0 Å². The molecule has 0 atom stereocenters. The fourth-order valence-corrected chi connectivity index (χ4v) is 0.507. The normalized spacial score (nSPS) is 10.9. The van der Waals surface area contributed by atoms with Crippen molar-refractivity contribution in [2.24, 2.45) is 0 Å². The van der Waals surface area contributed by atoms with Crippen molar-refractivity contribution in [2.75, 3.05) is 19.7 Å². The summed E-state index contributed by atoms with van der Waals surface area (Å²) in [5.74, 6) is 0. The fraction of sp³-hybridized carbons (Fsp3) is 0.714. The zero-order valence-corrected chi connectivity index (χ0v) is 5.93. The third-order valence-electron chi connectivity index (χ3n) is 1.01. The average Bonchev–Trinajstić information content (AvgIpc) is 1.89. The molecule has 2 heteroatoms. The van der Waals surface area contributed by atoms with E-state index >= 15 is 0 Å². The van der Waals surface area contributed by atoms with E-state index < -0.39 is 0 Å². The number of hydrogen-bond donors (Lipinski definition) is 2. The summed E-state index contributed by atoms with van der Waals surface area (Å²) < 4.78 is 0. The highest BCUT2D eigenvalue weighted by atomic mass is 16.3. The molecule has 0 fully saturated rings. The first-order valence-corrected chi connectivity index (χ1v) is 3.34. The van der Waals surface area contributed by atoms with Crippen LogP contribution in [-0.2, 0) is 0 Å². The van der Waals surface area contributed by atoms with E-state index in [1.165, 1.54) is 0 Å². The van der Waals surface area contributed by atoms with Crippen molar-refractivity contribution in [3.8, 4) is 0 Å². The van der Waals surface area contributed by atoms with Crippen molar-refractivity contribution >= 4 is 0 Å². The monoisotopic (exact) mass is 129 g/mol. The van der Waals surface area contributed by atoms with E-state index in [9.17, 15) is 0 Å². The van der Waals surface area contributed by atoms with Gasteiger partial charge in [-0.3, -0.25) is 0 Å². The maximum absolute atomic E-state index is 8.36. The van der Waals surface area contributed by atoms with E-state index in [1.807, 2.05) is 13.0 Å². The summed E-state index contributed by atoms with van der Waals surface area (Å²) >= 11 is 0. The van der Waals surface area contributed by atoms with Gasteiger partial charge < -0.3 is 10.4 Å². The Balaban J connectivity index is 2.75. The summed E-state index contributed by atoms with van der Waals surface area (Å²) in [4.78, 5) is 0. The molecular formula is C7H15NO. The maximum atomic E-state index is 8.36. The lowest BCUT2D eigenvalue weighted by molar-refractivity contribution is 0.287. The van der Waals surface area contributed by atoms with Gasteiger partial charge in [0.05, 0.1) is 0 Å². The Morgan fingerprint density at radius 3 is 2.89 bits per heavy atom. The van der Waals surface area contributed by atoms with Crippen LogP contribution in [0, 0.1) is 0 Å². The van der Waals surface area contributed by atoms with Gasteiger partial charge in [0.15, 0.2) is 0 Å². The van der Waals surface area contributed by atoms with E-state index in [2.05, 4.69) is 11.4 Å². The number of allylic oxidation sites excluding steroid dienone is 1. The van der Waals surface area contributed by atoms with Gasteiger partial charge >= 0.3 is 0 Å². The largest absolute Gasteiger partial charge is 0.396 e. The molecule has 9 heavy (non-hydrogen) atoms. The maximum Gasteiger partial charge on any atom is 0.0443 e. The lowest BCUT2D eigenvalue weighted by Crippen LogP contribution is -2.15. The van der Waals surface area contributed by atoms with Crippen molar-refractivity contribution in [3.05, 3.63) is 12.2 Å². The smallest absolute Gasteiger partial charge is 0.0443 e. The molecule has 0 aromatic heterocycles. The van der Waals surface area contributed by atoms with Crippen LogP contribution >= 0.6 is 0 Å². The van der Waals surface area contributed by atoms with Gasteiger partial charge in [0.2, 0.25) is 0 Å². The van der Waals surface area contributed by atoms with Crippen molar-refractivity contribution in [1.29, 1.82) is 0 Å². The molecule has 0 aromatic rings. The zero-order chi connectivity index (χ0) is 6.95. The van der Waals surface area contributed by atoms with Gasteiger partial charge in [-0.2, -0.15) is 0 Å². The summed E-state index contributed by atoms with van der Waals surface area (Å²) in [5, 5.41) is 11.5. The molecule has 0 saturated carbocycles. The van der Waals surface area contributed by atoms with Crippen LogP contribution < -0.4 is 5.32 Å². The quantitative estimate of drug-likeness (QED) is 0.419. The fourth-order valence-electron chi connectivity index (χ4n) is 0.507. The first kappa shape index (κ1) is 8.66. The molecular weight excluding hydrogens is 114 g/mol. The van der Waals surface area contributed by atoms with E-state index in [4.69, 9.17) is 5.11 Å². The van der Waals surface area contributed by atoms with E-state index in [-0.39, 0.29) is 6.61 Å². The van der Waals surface area contributed by atoms with Gasteiger partial charge in [-0.25, -0.2) is 0 Å². The van der Waals surface area contributed by atoms with Crippen LogP contribution in [0.1, 0.15) is 13.3 Å². The Kier molecular flexibility index (Phi) is 7.37. The topological polar surface area (TPSA) is 32.3 Å². The molecule has 0 saturated heterocycles. The lowest BCUT2D eigenvalue weighted by Gasteiger charge is -1.96. The second kappa shape index (κ2) is 7.66. The number of rotatable bonds is 5. The molecule has 0 heterocycles. The Morgan fingerprint density at radius 1 is 1.56 bits per heavy atom. The minimum absolute atomic E-state index is 0.281. The molecule has 54 valence electrons. The van der Waals surface area contributed by atoms with Gasteiger partial charge in [-0.05, 0) is 19.9 Å². The van der Waals surface area contributed by atoms with E-state index in [0.717, 1.165) is 19.5 Å². The van der Waals surface area contributed by atoms with Crippen molar-refractivity contribution < 1.29 is 5.11 Å². The van der Waals surface area contributed by atoms with E-state index in [0.29, 0.717) is 0 Å². The highest BCUT2D eigenvalue weighted by Gasteiger charge is 1.80. The molecule has 0 rings (SSSR count). The average molecular weight is 129 g/mol. The van der Waals surface area contributed by atoms with Crippen molar-refractivity contribution in [1.82, 2.24) is 5.32 Å².